The summed E-state index contributed by atoms with van der Waals surface area (Å²) in [6, 6.07) is 4.69. The molecule has 0 saturated heterocycles. The number of hydrazine groups is 1. The number of nitrogen functional groups attached to an aromatic ring is 1. The molecule has 3 N–H and O–H groups in total. The molecular weight excluding hydrogens is 240 g/mol. The highest BCUT2D eigenvalue weighted by Crippen LogP contribution is 2.31. The fourth-order valence-corrected chi connectivity index (χ4v) is 1.84. The van der Waals surface area contributed by atoms with Crippen LogP contribution in [0.15, 0.2) is 18.2 Å². The van der Waals surface area contributed by atoms with Gasteiger partial charge in [-0.2, -0.15) is 0 Å². The molecule has 2 rings (SSSR count). The highest BCUT2D eigenvalue weighted by atomic mass is 19.3. The van der Waals surface area contributed by atoms with Gasteiger partial charge in [0.1, 0.15) is 11.4 Å². The highest BCUT2D eigenvalue weighted by molar-refractivity contribution is 5.94. The van der Waals surface area contributed by atoms with E-state index < -0.39 is 6.43 Å². The lowest BCUT2D eigenvalue weighted by molar-refractivity contribution is 0.146. The zero-order chi connectivity index (χ0) is 13.3. The summed E-state index contributed by atoms with van der Waals surface area (Å²) in [4.78, 5) is 3.96. The fourth-order valence-electron chi connectivity index (χ4n) is 1.84. The Morgan fingerprint density at radius 2 is 2.06 bits per heavy atom. The number of anilines is 1. The summed E-state index contributed by atoms with van der Waals surface area (Å²) >= 11 is 0. The molecule has 0 fully saturated rings. The normalized spacial score (nSPS) is 11.0. The van der Waals surface area contributed by atoms with Crippen LogP contribution in [0.5, 0.6) is 5.75 Å². The summed E-state index contributed by atoms with van der Waals surface area (Å²) < 4.78 is 30.6. The number of hydrogen-bond acceptors (Lipinski definition) is 4. The molecule has 6 heteroatoms. The maximum Gasteiger partial charge on any atom is 0.280 e. The first-order valence-corrected chi connectivity index (χ1v) is 5.31. The molecule has 0 atom stereocenters. The van der Waals surface area contributed by atoms with Crippen LogP contribution in [0.25, 0.3) is 10.9 Å². The van der Waals surface area contributed by atoms with E-state index >= 15 is 0 Å². The average molecular weight is 253 g/mol. The number of hydrogen-bond donors (Lipinski definition) is 2. The SMILES string of the molecule is COc1cc(C)c2nc(C(F)F)cc(NN)c2c1. The van der Waals surface area contributed by atoms with E-state index in [4.69, 9.17) is 10.6 Å². The van der Waals surface area contributed by atoms with E-state index in [2.05, 4.69) is 10.4 Å². The third kappa shape index (κ3) is 2.06. The molecule has 0 aliphatic rings. The standard InChI is InChI=1S/C12H13F2N3O/c1-6-3-7(18-2)4-8-9(17-15)5-10(12(13)14)16-11(6)8/h3-5,12H,15H2,1-2H3,(H,16,17). The van der Waals surface area contributed by atoms with Crippen LogP contribution >= 0.6 is 0 Å². The Hall–Kier alpha value is -1.95. The number of aryl methyl sites for hydroxylation is 1. The highest BCUT2D eigenvalue weighted by Gasteiger charge is 2.14. The second-order valence-electron chi connectivity index (χ2n) is 3.88. The first-order valence-electron chi connectivity index (χ1n) is 5.31. The number of nitrogens with one attached hydrogen (secondary N) is 1. The van der Waals surface area contributed by atoms with Gasteiger partial charge in [0.15, 0.2) is 0 Å². The molecule has 1 aromatic carbocycles. The van der Waals surface area contributed by atoms with Gasteiger partial charge in [0.25, 0.3) is 6.43 Å². The molecule has 1 heterocycles. The van der Waals surface area contributed by atoms with Gasteiger partial charge >= 0.3 is 0 Å². The number of nitrogens with two attached hydrogens (primary N) is 1. The van der Waals surface area contributed by atoms with Crippen molar-refractivity contribution in [3.05, 3.63) is 29.5 Å². The van der Waals surface area contributed by atoms with Gasteiger partial charge in [-0.15, -0.1) is 0 Å². The van der Waals surface area contributed by atoms with E-state index in [1.807, 2.05) is 0 Å². The molecule has 0 aliphatic heterocycles. The lowest BCUT2D eigenvalue weighted by Gasteiger charge is -2.12. The minimum absolute atomic E-state index is 0.302. The van der Waals surface area contributed by atoms with Crippen molar-refractivity contribution >= 4 is 16.6 Å². The van der Waals surface area contributed by atoms with Gasteiger partial charge in [0.2, 0.25) is 0 Å². The quantitative estimate of drug-likeness (QED) is 0.652. The number of ether oxygens (including phenoxy) is 1. The number of methoxy groups -OCH3 is 1. The molecule has 0 unspecified atom stereocenters. The zero-order valence-corrected chi connectivity index (χ0v) is 10.00. The first kappa shape index (κ1) is 12.5. The number of benzene rings is 1. The molecule has 1 aromatic heterocycles. The van der Waals surface area contributed by atoms with Crippen LogP contribution in [0.2, 0.25) is 0 Å². The van der Waals surface area contributed by atoms with Crippen LogP contribution in [0.1, 0.15) is 17.7 Å². The number of halogens is 2. The average Bonchev–Trinajstić information content (AvgIpc) is 2.37. The molecule has 4 nitrogen and oxygen atoms in total. The Labute approximate surface area is 103 Å². The fraction of sp³-hybridized carbons (Fsp3) is 0.250. The van der Waals surface area contributed by atoms with Crippen molar-refractivity contribution in [2.24, 2.45) is 5.84 Å². The molecule has 96 valence electrons. The maximum atomic E-state index is 12.7. The number of rotatable bonds is 3. The van der Waals surface area contributed by atoms with Gasteiger partial charge < -0.3 is 10.2 Å². The summed E-state index contributed by atoms with van der Waals surface area (Å²) in [6.07, 6.45) is -2.64. The molecule has 0 radical (unpaired) electrons. The largest absolute Gasteiger partial charge is 0.497 e. The lowest BCUT2D eigenvalue weighted by Crippen LogP contribution is -2.09. The second kappa shape index (κ2) is 4.73. The zero-order valence-electron chi connectivity index (χ0n) is 10.00. The topological polar surface area (TPSA) is 60.2 Å². The molecule has 18 heavy (non-hydrogen) atoms. The Kier molecular flexibility index (Phi) is 3.29. The number of pyridine rings is 1. The summed E-state index contributed by atoms with van der Waals surface area (Å²) in [5.41, 5.74) is 3.75. The molecular formula is C12H13F2N3O. The van der Waals surface area contributed by atoms with Crippen molar-refractivity contribution in [2.45, 2.75) is 13.3 Å². The van der Waals surface area contributed by atoms with E-state index in [1.54, 1.807) is 19.1 Å². The Bertz CT molecular complexity index is 587. The van der Waals surface area contributed by atoms with Gasteiger partial charge in [0.05, 0.1) is 18.3 Å². The third-order valence-electron chi connectivity index (χ3n) is 2.71. The maximum absolute atomic E-state index is 12.7. The van der Waals surface area contributed by atoms with Crippen molar-refractivity contribution in [3.63, 3.8) is 0 Å². The van der Waals surface area contributed by atoms with E-state index in [0.29, 0.717) is 22.3 Å². The summed E-state index contributed by atoms with van der Waals surface area (Å²) in [6.45, 7) is 1.79. The monoisotopic (exact) mass is 253 g/mol. The van der Waals surface area contributed by atoms with Gasteiger partial charge in [-0.1, -0.05) is 0 Å². The predicted molar refractivity (Wildman–Crippen MR) is 65.8 cm³/mol. The van der Waals surface area contributed by atoms with E-state index in [0.717, 1.165) is 5.56 Å². The van der Waals surface area contributed by atoms with Crippen LogP contribution in [0.3, 0.4) is 0 Å². The Balaban J connectivity index is 2.78. The number of aromatic nitrogens is 1. The molecule has 0 spiro atoms. The minimum Gasteiger partial charge on any atom is -0.497 e. The van der Waals surface area contributed by atoms with Gasteiger partial charge in [0, 0.05) is 5.39 Å². The van der Waals surface area contributed by atoms with Crippen LogP contribution in [0.4, 0.5) is 14.5 Å². The van der Waals surface area contributed by atoms with Crippen molar-refractivity contribution in [1.82, 2.24) is 4.98 Å². The molecule has 0 amide bonds. The van der Waals surface area contributed by atoms with Crippen molar-refractivity contribution in [1.29, 1.82) is 0 Å². The van der Waals surface area contributed by atoms with E-state index in [1.165, 1.54) is 13.2 Å². The summed E-state index contributed by atoms with van der Waals surface area (Å²) in [5.74, 6) is 5.99. The molecule has 0 aliphatic carbocycles. The van der Waals surface area contributed by atoms with E-state index in [9.17, 15) is 8.78 Å². The summed E-state index contributed by atoms with van der Waals surface area (Å²) in [5, 5.41) is 0.652. The van der Waals surface area contributed by atoms with Gasteiger partial charge in [-0.3, -0.25) is 5.84 Å². The van der Waals surface area contributed by atoms with Crippen molar-refractivity contribution in [3.8, 4) is 5.75 Å². The minimum atomic E-state index is -2.64. The van der Waals surface area contributed by atoms with Crippen molar-refractivity contribution < 1.29 is 13.5 Å². The van der Waals surface area contributed by atoms with Crippen LogP contribution < -0.4 is 16.0 Å². The van der Waals surface area contributed by atoms with E-state index in [-0.39, 0.29) is 5.69 Å². The van der Waals surface area contributed by atoms with Gasteiger partial charge in [-0.05, 0) is 30.7 Å². The second-order valence-corrected chi connectivity index (χ2v) is 3.88. The van der Waals surface area contributed by atoms with Crippen LogP contribution in [-0.2, 0) is 0 Å². The lowest BCUT2D eigenvalue weighted by atomic mass is 10.1. The Morgan fingerprint density at radius 1 is 1.33 bits per heavy atom. The van der Waals surface area contributed by atoms with Crippen LogP contribution in [-0.4, -0.2) is 12.1 Å². The summed E-state index contributed by atoms with van der Waals surface area (Å²) in [7, 11) is 1.54. The number of nitrogens with zero attached hydrogens (tertiary/aromatic N) is 1. The van der Waals surface area contributed by atoms with Crippen LogP contribution in [0, 0.1) is 6.92 Å². The van der Waals surface area contributed by atoms with Gasteiger partial charge in [-0.25, -0.2) is 13.8 Å². The molecule has 0 bridgehead atoms. The number of fused-ring (bicyclic) bond motifs is 1. The smallest absolute Gasteiger partial charge is 0.280 e. The molecule has 0 saturated carbocycles. The first-order chi connectivity index (χ1) is 8.56. The number of alkyl halides is 2. The predicted octanol–water partition coefficient (Wildman–Crippen LogP) is 2.78. The third-order valence-corrected chi connectivity index (χ3v) is 2.71. The Morgan fingerprint density at radius 3 is 2.61 bits per heavy atom. The van der Waals surface area contributed by atoms with Crippen molar-refractivity contribution in [2.75, 3.05) is 12.5 Å². The molecule has 2 aromatic rings.